The van der Waals surface area contributed by atoms with Gasteiger partial charge in [0.2, 0.25) is 5.91 Å². The Morgan fingerprint density at radius 2 is 2.15 bits per heavy atom. The zero-order valence-corrected chi connectivity index (χ0v) is 12.3. The number of thiazole rings is 1. The van der Waals surface area contributed by atoms with Crippen LogP contribution in [0.4, 0.5) is 10.8 Å². The predicted octanol–water partition coefficient (Wildman–Crippen LogP) is 2.98. The molecular weight excluding hydrogens is 294 g/mol. The number of aromatic nitrogens is 1. The molecule has 0 spiro atoms. The molecule has 6 heteroatoms. The zero-order valence-electron chi connectivity index (χ0n) is 10.8. The van der Waals surface area contributed by atoms with Gasteiger partial charge in [-0.3, -0.25) is 9.69 Å². The van der Waals surface area contributed by atoms with E-state index < -0.39 is 0 Å². The smallest absolute Gasteiger partial charge is 0.229 e. The Bertz CT molecular complexity index is 626. The summed E-state index contributed by atoms with van der Waals surface area (Å²) in [6.07, 6.45) is 0.514. The largest absolute Gasteiger partial charge is 0.399 e. The van der Waals surface area contributed by atoms with Crippen LogP contribution in [0.5, 0.6) is 0 Å². The van der Waals surface area contributed by atoms with Gasteiger partial charge in [0.05, 0.1) is 5.69 Å². The number of nitrogens with two attached hydrogens (primary N) is 1. The van der Waals surface area contributed by atoms with Gasteiger partial charge in [0.25, 0.3) is 0 Å². The van der Waals surface area contributed by atoms with Crippen LogP contribution in [-0.4, -0.2) is 23.3 Å². The lowest BCUT2D eigenvalue weighted by Gasteiger charge is -2.11. The van der Waals surface area contributed by atoms with Crippen LogP contribution in [0.2, 0.25) is 0 Å². The molecule has 4 nitrogen and oxygen atoms in total. The Labute approximate surface area is 126 Å². The predicted molar refractivity (Wildman–Crippen MR) is 83.1 cm³/mol. The minimum atomic E-state index is 0.105. The molecule has 0 aliphatic carbocycles. The number of rotatable bonds is 3. The van der Waals surface area contributed by atoms with Crippen LogP contribution >= 0.6 is 22.9 Å². The van der Waals surface area contributed by atoms with Crippen molar-refractivity contribution in [3.05, 3.63) is 29.6 Å². The van der Waals surface area contributed by atoms with Crippen LogP contribution in [0.15, 0.2) is 29.6 Å². The fourth-order valence-electron chi connectivity index (χ4n) is 2.24. The molecule has 2 N–H and O–H groups in total. The van der Waals surface area contributed by atoms with Gasteiger partial charge >= 0.3 is 0 Å². The highest BCUT2D eigenvalue weighted by molar-refractivity contribution is 7.14. The Kier molecular flexibility index (Phi) is 3.63. The maximum absolute atomic E-state index is 12.0. The fraction of sp³-hybridized carbons (Fsp3) is 0.286. The summed E-state index contributed by atoms with van der Waals surface area (Å²) >= 11 is 7.32. The van der Waals surface area contributed by atoms with Gasteiger partial charge in [0.1, 0.15) is 0 Å². The third-order valence-electron chi connectivity index (χ3n) is 3.35. The molecule has 0 saturated carbocycles. The van der Waals surface area contributed by atoms with E-state index >= 15 is 0 Å². The van der Waals surface area contributed by atoms with E-state index in [4.69, 9.17) is 17.3 Å². The summed E-state index contributed by atoms with van der Waals surface area (Å²) in [6.45, 7) is 0.664. The molecule has 1 aromatic carbocycles. The van der Waals surface area contributed by atoms with E-state index in [9.17, 15) is 4.79 Å². The maximum Gasteiger partial charge on any atom is 0.229 e. The summed E-state index contributed by atoms with van der Waals surface area (Å²) in [7, 11) is 0. The van der Waals surface area contributed by atoms with Crippen molar-refractivity contribution in [2.75, 3.05) is 23.1 Å². The number of carbonyl (C=O) groups is 1. The molecule has 0 radical (unpaired) electrons. The number of anilines is 2. The number of hydrogen-bond acceptors (Lipinski definition) is 4. The fourth-order valence-corrected chi connectivity index (χ4v) is 3.31. The first kappa shape index (κ1) is 13.4. The summed E-state index contributed by atoms with van der Waals surface area (Å²) in [5.41, 5.74) is 8.27. The van der Waals surface area contributed by atoms with Crippen LogP contribution in [0.3, 0.4) is 0 Å². The number of halogens is 1. The highest BCUT2D eigenvalue weighted by Gasteiger charge is 2.31. The second-order valence-electron chi connectivity index (χ2n) is 4.87. The maximum atomic E-state index is 12.0. The first-order valence-electron chi connectivity index (χ1n) is 6.35. The number of benzene rings is 1. The lowest BCUT2D eigenvalue weighted by molar-refractivity contribution is -0.117. The van der Waals surface area contributed by atoms with Crippen molar-refractivity contribution in [3.8, 4) is 11.3 Å². The van der Waals surface area contributed by atoms with Gasteiger partial charge in [-0.15, -0.1) is 22.9 Å². The number of nitrogens with zero attached hydrogens (tertiary/aromatic N) is 2. The van der Waals surface area contributed by atoms with Crippen molar-refractivity contribution in [1.82, 2.24) is 4.98 Å². The van der Waals surface area contributed by atoms with Crippen molar-refractivity contribution >= 4 is 39.7 Å². The van der Waals surface area contributed by atoms with Crippen molar-refractivity contribution in [2.45, 2.75) is 6.42 Å². The van der Waals surface area contributed by atoms with Crippen LogP contribution in [0, 0.1) is 5.92 Å². The van der Waals surface area contributed by atoms with Crippen LogP contribution in [-0.2, 0) is 4.79 Å². The van der Waals surface area contributed by atoms with E-state index in [0.717, 1.165) is 22.1 Å². The lowest BCUT2D eigenvalue weighted by atomic mass is 10.1. The monoisotopic (exact) mass is 307 g/mol. The van der Waals surface area contributed by atoms with E-state index in [1.54, 1.807) is 4.90 Å². The molecule has 0 bridgehead atoms. The van der Waals surface area contributed by atoms with Crippen molar-refractivity contribution in [3.63, 3.8) is 0 Å². The standard InChI is InChI=1S/C14H14ClN3OS/c15-6-9-5-13(19)18(7-9)14-17-12(8-20-14)10-1-3-11(16)4-2-10/h1-4,8-9H,5-7,16H2. The van der Waals surface area contributed by atoms with Crippen LogP contribution in [0.25, 0.3) is 11.3 Å². The van der Waals surface area contributed by atoms with Crippen molar-refractivity contribution in [1.29, 1.82) is 0 Å². The minimum Gasteiger partial charge on any atom is -0.399 e. The van der Waals surface area contributed by atoms with Crippen molar-refractivity contribution in [2.24, 2.45) is 5.92 Å². The molecule has 104 valence electrons. The quantitative estimate of drug-likeness (QED) is 0.700. The second kappa shape index (κ2) is 5.42. The molecule has 1 saturated heterocycles. The van der Waals surface area contributed by atoms with Crippen LogP contribution < -0.4 is 10.6 Å². The topological polar surface area (TPSA) is 59.2 Å². The molecular formula is C14H14ClN3OS. The molecule has 2 aromatic rings. The number of amides is 1. The molecule has 20 heavy (non-hydrogen) atoms. The normalized spacial score (nSPS) is 18.8. The summed E-state index contributed by atoms with van der Waals surface area (Å²) in [5, 5.41) is 2.71. The summed E-state index contributed by atoms with van der Waals surface area (Å²) in [4.78, 5) is 18.2. The Morgan fingerprint density at radius 3 is 2.80 bits per heavy atom. The van der Waals surface area contributed by atoms with Gasteiger partial charge in [-0.1, -0.05) is 12.1 Å². The summed E-state index contributed by atoms with van der Waals surface area (Å²) < 4.78 is 0. The van der Waals surface area contributed by atoms with Gasteiger partial charge in [-0.05, 0) is 18.1 Å². The van der Waals surface area contributed by atoms with Gasteiger partial charge in [0, 0.05) is 35.5 Å². The van der Waals surface area contributed by atoms with Crippen molar-refractivity contribution < 1.29 is 4.79 Å². The van der Waals surface area contributed by atoms with Gasteiger partial charge in [0.15, 0.2) is 5.13 Å². The van der Waals surface area contributed by atoms with Gasteiger partial charge < -0.3 is 5.73 Å². The highest BCUT2D eigenvalue weighted by atomic mass is 35.5. The molecule has 1 unspecified atom stereocenters. The second-order valence-corrected chi connectivity index (χ2v) is 6.01. The van der Waals surface area contributed by atoms with E-state index in [1.165, 1.54) is 11.3 Å². The molecule has 2 heterocycles. The molecule has 1 aliphatic rings. The number of carbonyl (C=O) groups excluding carboxylic acids is 1. The molecule has 3 rings (SSSR count). The first-order valence-corrected chi connectivity index (χ1v) is 7.76. The minimum absolute atomic E-state index is 0.105. The van der Waals surface area contributed by atoms with E-state index in [-0.39, 0.29) is 11.8 Å². The Hall–Kier alpha value is -1.59. The zero-order chi connectivity index (χ0) is 14.1. The SMILES string of the molecule is Nc1ccc(-c2csc(N3CC(CCl)CC3=O)n2)cc1. The van der Waals surface area contributed by atoms with Crippen LogP contribution in [0.1, 0.15) is 6.42 Å². The molecule has 1 aromatic heterocycles. The number of hydrogen-bond donors (Lipinski definition) is 1. The summed E-state index contributed by atoms with van der Waals surface area (Å²) in [6, 6.07) is 7.56. The molecule has 1 aliphatic heterocycles. The number of nitrogen functional groups attached to an aromatic ring is 1. The number of alkyl halides is 1. The van der Waals surface area contributed by atoms with Gasteiger partial charge in [-0.2, -0.15) is 0 Å². The average Bonchev–Trinajstić information content (AvgIpc) is 3.06. The molecule has 1 amide bonds. The third kappa shape index (κ3) is 2.51. The lowest BCUT2D eigenvalue weighted by Crippen LogP contribution is -2.24. The first-order chi connectivity index (χ1) is 9.67. The van der Waals surface area contributed by atoms with E-state index in [1.807, 2.05) is 29.6 Å². The van der Waals surface area contributed by atoms with E-state index in [0.29, 0.717) is 18.8 Å². The Morgan fingerprint density at radius 1 is 1.40 bits per heavy atom. The third-order valence-corrected chi connectivity index (χ3v) is 4.65. The highest BCUT2D eigenvalue weighted by Crippen LogP contribution is 2.32. The molecule has 1 fully saturated rings. The molecule has 1 atom stereocenters. The summed E-state index contributed by atoms with van der Waals surface area (Å²) in [5.74, 6) is 0.847. The van der Waals surface area contributed by atoms with E-state index in [2.05, 4.69) is 4.98 Å². The Balaban J connectivity index is 1.83. The van der Waals surface area contributed by atoms with Gasteiger partial charge in [-0.25, -0.2) is 4.98 Å². The average molecular weight is 308 g/mol.